The molecule has 7 heteroatoms. The minimum absolute atomic E-state index is 0.125. The van der Waals surface area contributed by atoms with Crippen LogP contribution in [0, 0.1) is 5.21 Å². The van der Waals surface area contributed by atoms with Gasteiger partial charge in [-0.1, -0.05) is 10.2 Å². The largest absolute Gasteiger partial charge is 0.564 e. The Balaban J connectivity index is 0. The Kier molecular flexibility index (Phi) is 7.79. The summed E-state index contributed by atoms with van der Waals surface area (Å²) < 4.78 is 0. The molecule has 0 bridgehead atoms. The molecule has 0 aliphatic heterocycles. The van der Waals surface area contributed by atoms with E-state index in [9.17, 15) is 5.21 Å². The van der Waals surface area contributed by atoms with Gasteiger partial charge in [-0.3, -0.25) is 10.4 Å². The van der Waals surface area contributed by atoms with Gasteiger partial charge >= 0.3 is 0 Å². The standard InChI is InChI=1S/C2H7NO3.C2H7NO2/c1-2-3(4,5)6;1-2-3(4)5/h4-5H,2H2,1H3;4-5H,2H2,1H3. The number of hydrogen-bond acceptors (Lipinski definition) is 6. The second-order valence-corrected chi connectivity index (χ2v) is 1.67. The van der Waals surface area contributed by atoms with E-state index in [0.717, 1.165) is 0 Å². The van der Waals surface area contributed by atoms with Crippen LogP contribution >= 0.6 is 0 Å². The van der Waals surface area contributed by atoms with E-state index < -0.39 is 4.97 Å². The van der Waals surface area contributed by atoms with Gasteiger partial charge in [-0.15, -0.1) is 0 Å². The first-order valence-electron chi connectivity index (χ1n) is 3.03. The van der Waals surface area contributed by atoms with Crippen molar-refractivity contribution in [1.82, 2.24) is 5.23 Å². The van der Waals surface area contributed by atoms with Crippen LogP contribution < -0.4 is 0 Å². The molecule has 0 atom stereocenters. The molecule has 0 aliphatic carbocycles. The van der Waals surface area contributed by atoms with Crippen LogP contribution in [0.25, 0.3) is 0 Å². The van der Waals surface area contributed by atoms with Crippen LogP contribution in [0.3, 0.4) is 0 Å². The van der Waals surface area contributed by atoms with Crippen molar-refractivity contribution < 1.29 is 25.8 Å². The van der Waals surface area contributed by atoms with Gasteiger partial charge in [0.05, 0.1) is 0 Å². The maximum absolute atomic E-state index is 9.52. The zero-order valence-corrected chi connectivity index (χ0v) is 6.51. The molecule has 0 amide bonds. The highest BCUT2D eigenvalue weighted by molar-refractivity contribution is 4.04. The number of hydrogen-bond donors (Lipinski definition) is 4. The van der Waals surface area contributed by atoms with Gasteiger partial charge in [-0.25, -0.2) is 0 Å². The van der Waals surface area contributed by atoms with E-state index >= 15 is 0 Å². The summed E-state index contributed by atoms with van der Waals surface area (Å²) in [5.41, 5.74) is 0. The Morgan fingerprint density at radius 1 is 1.27 bits per heavy atom. The Hall–Kier alpha value is -0.280. The Bertz CT molecular complexity index is 81.0. The zero-order chi connectivity index (χ0) is 9.49. The molecule has 7 nitrogen and oxygen atoms in total. The molecular weight excluding hydrogens is 156 g/mol. The fourth-order valence-corrected chi connectivity index (χ4v) is 0. The summed E-state index contributed by atoms with van der Waals surface area (Å²) in [5.74, 6) is 0. The smallest absolute Gasteiger partial charge is 0.139 e. The average molecular weight is 170 g/mol. The van der Waals surface area contributed by atoms with Crippen molar-refractivity contribution in [3.63, 3.8) is 0 Å². The Labute approximate surface area is 64.3 Å². The molecule has 0 fully saturated rings. The van der Waals surface area contributed by atoms with Gasteiger partial charge in [0.2, 0.25) is 0 Å². The average Bonchev–Trinajstić information content (AvgIpc) is 1.88. The highest BCUT2D eigenvalue weighted by Gasteiger charge is 1.99. The molecule has 0 saturated carbocycles. The van der Waals surface area contributed by atoms with Gasteiger partial charge in [0.25, 0.3) is 0 Å². The molecule has 0 aromatic rings. The number of quaternary nitrogens is 1. The van der Waals surface area contributed by atoms with Gasteiger partial charge in [0.1, 0.15) is 6.54 Å². The summed E-state index contributed by atoms with van der Waals surface area (Å²) in [6.45, 7) is 3.01. The Morgan fingerprint density at radius 2 is 1.45 bits per heavy atom. The van der Waals surface area contributed by atoms with Crippen LogP contribution in [0.15, 0.2) is 0 Å². The molecule has 4 N–H and O–H groups in total. The van der Waals surface area contributed by atoms with Crippen LogP contribution in [0.1, 0.15) is 13.8 Å². The lowest BCUT2D eigenvalue weighted by Crippen LogP contribution is -2.33. The van der Waals surface area contributed by atoms with Crippen LogP contribution in [0.5, 0.6) is 0 Å². The maximum atomic E-state index is 9.52. The van der Waals surface area contributed by atoms with E-state index in [-0.39, 0.29) is 18.3 Å². The third-order valence-corrected chi connectivity index (χ3v) is 0.695. The topological polar surface area (TPSA) is 107 Å². The molecule has 70 valence electrons. The molecular formula is C4H14N2O5. The summed E-state index contributed by atoms with van der Waals surface area (Å²) in [6, 6.07) is 0. The van der Waals surface area contributed by atoms with Crippen LogP contribution in [0.2, 0.25) is 0 Å². The van der Waals surface area contributed by atoms with Crippen molar-refractivity contribution in [3.05, 3.63) is 5.21 Å². The van der Waals surface area contributed by atoms with E-state index in [1.165, 1.54) is 6.92 Å². The third-order valence-electron chi connectivity index (χ3n) is 0.695. The lowest BCUT2D eigenvalue weighted by Gasteiger charge is -2.20. The van der Waals surface area contributed by atoms with Crippen molar-refractivity contribution in [2.24, 2.45) is 0 Å². The summed E-state index contributed by atoms with van der Waals surface area (Å²) >= 11 is 0. The van der Waals surface area contributed by atoms with E-state index in [4.69, 9.17) is 20.8 Å². The van der Waals surface area contributed by atoms with Crippen LogP contribution in [-0.4, -0.2) is 44.1 Å². The van der Waals surface area contributed by atoms with Gasteiger partial charge < -0.3 is 5.21 Å². The lowest BCUT2D eigenvalue weighted by molar-refractivity contribution is -1.21. The molecule has 0 heterocycles. The molecule has 0 spiro atoms. The van der Waals surface area contributed by atoms with E-state index in [2.05, 4.69) is 0 Å². The summed E-state index contributed by atoms with van der Waals surface area (Å²) in [6.07, 6.45) is 0. The number of nitrogens with zero attached hydrogens (tertiary/aromatic N) is 2. The van der Waals surface area contributed by atoms with Crippen LogP contribution in [-0.2, 0) is 0 Å². The fraction of sp³-hybridized carbons (Fsp3) is 1.00. The van der Waals surface area contributed by atoms with Crippen molar-refractivity contribution >= 4 is 0 Å². The molecule has 11 heavy (non-hydrogen) atoms. The summed E-state index contributed by atoms with van der Waals surface area (Å²) in [4.78, 5) is -2.18. The minimum atomic E-state index is -2.18. The predicted octanol–water partition coefficient (Wildman–Crippen LogP) is 0.186. The highest BCUT2D eigenvalue weighted by atomic mass is 17.1. The molecule has 0 radical (unpaired) electrons. The minimum Gasteiger partial charge on any atom is -0.564 e. The number of hydroxylamine groups is 5. The first-order chi connectivity index (χ1) is 4.83. The molecule has 0 rings (SSSR count). The molecule has 0 aromatic heterocycles. The monoisotopic (exact) mass is 170 g/mol. The van der Waals surface area contributed by atoms with Gasteiger partial charge in [0.15, 0.2) is 0 Å². The van der Waals surface area contributed by atoms with E-state index in [1.807, 2.05) is 0 Å². The molecule has 0 saturated heterocycles. The second kappa shape index (κ2) is 6.43. The lowest BCUT2D eigenvalue weighted by atomic mass is 10.8. The van der Waals surface area contributed by atoms with Crippen molar-refractivity contribution in [2.75, 3.05) is 13.1 Å². The van der Waals surface area contributed by atoms with Crippen molar-refractivity contribution in [3.8, 4) is 0 Å². The first-order valence-corrected chi connectivity index (χ1v) is 3.03. The Morgan fingerprint density at radius 3 is 1.45 bits per heavy atom. The molecule has 0 aliphatic rings. The highest BCUT2D eigenvalue weighted by Crippen LogP contribution is 1.84. The number of rotatable bonds is 2. The predicted molar refractivity (Wildman–Crippen MR) is 33.7 cm³/mol. The maximum Gasteiger partial charge on any atom is 0.139 e. The van der Waals surface area contributed by atoms with Gasteiger partial charge in [-0.2, -0.15) is 10.4 Å². The van der Waals surface area contributed by atoms with Crippen molar-refractivity contribution in [2.45, 2.75) is 13.8 Å². The zero-order valence-electron chi connectivity index (χ0n) is 6.51. The van der Waals surface area contributed by atoms with E-state index in [1.54, 1.807) is 6.92 Å². The quantitative estimate of drug-likeness (QED) is 0.348. The van der Waals surface area contributed by atoms with Gasteiger partial charge in [0, 0.05) is 6.54 Å². The third kappa shape index (κ3) is 26.0. The normalized spacial score (nSPS) is 10.9. The summed E-state index contributed by atoms with van der Waals surface area (Å²) in [5, 5.41) is 40.7. The second-order valence-electron chi connectivity index (χ2n) is 1.67. The molecule has 0 unspecified atom stereocenters. The first kappa shape index (κ1) is 13.3. The molecule has 0 aromatic carbocycles. The fourth-order valence-electron chi connectivity index (χ4n) is 0. The van der Waals surface area contributed by atoms with Crippen LogP contribution in [0.4, 0.5) is 0 Å². The SMILES string of the molecule is CCN(O)O.CC[N+]([O-])(O)O. The van der Waals surface area contributed by atoms with E-state index in [0.29, 0.717) is 0 Å². The summed E-state index contributed by atoms with van der Waals surface area (Å²) in [7, 11) is 0. The van der Waals surface area contributed by atoms with Gasteiger partial charge in [-0.05, 0) is 13.8 Å². The van der Waals surface area contributed by atoms with Crippen molar-refractivity contribution in [1.29, 1.82) is 0 Å².